The quantitative estimate of drug-likeness (QED) is 0.726. The average molecular weight is 304 g/mol. The zero-order valence-electron chi connectivity index (χ0n) is 11.6. The summed E-state index contributed by atoms with van der Waals surface area (Å²) in [5.41, 5.74) is 7.03. The van der Waals surface area contributed by atoms with Gasteiger partial charge in [0.25, 0.3) is 0 Å². The molecular formula is C14H19F3N2O2. The van der Waals surface area contributed by atoms with Gasteiger partial charge < -0.3 is 15.8 Å². The molecule has 0 heterocycles. The molecule has 7 heteroatoms. The van der Waals surface area contributed by atoms with E-state index >= 15 is 0 Å². The van der Waals surface area contributed by atoms with Gasteiger partial charge in [0.15, 0.2) is 0 Å². The Kier molecular flexibility index (Phi) is 7.18. The molecule has 1 aromatic rings. The molecular weight excluding hydrogens is 285 g/mol. The van der Waals surface area contributed by atoms with E-state index in [1.54, 1.807) is 18.2 Å². The largest absolute Gasteiger partial charge is 0.389 e. The fraction of sp³-hybridized carbons (Fsp3) is 0.500. The molecule has 0 saturated carbocycles. The molecule has 1 amide bonds. The predicted octanol–water partition coefficient (Wildman–Crippen LogP) is 2.83. The number of alkyl halides is 3. The molecule has 1 aromatic carbocycles. The van der Waals surface area contributed by atoms with E-state index in [4.69, 9.17) is 10.5 Å². The van der Waals surface area contributed by atoms with Crippen LogP contribution in [0.3, 0.4) is 0 Å². The fourth-order valence-corrected chi connectivity index (χ4v) is 1.64. The van der Waals surface area contributed by atoms with Gasteiger partial charge in [0.1, 0.15) is 0 Å². The Balaban J connectivity index is 2.16. The first kappa shape index (κ1) is 17.5. The van der Waals surface area contributed by atoms with Crippen molar-refractivity contribution in [3.05, 3.63) is 29.8 Å². The summed E-state index contributed by atoms with van der Waals surface area (Å²) < 4.78 is 40.6. The third kappa shape index (κ3) is 8.31. The summed E-state index contributed by atoms with van der Waals surface area (Å²) >= 11 is 0. The summed E-state index contributed by atoms with van der Waals surface area (Å²) in [4.78, 5) is 11.6. The molecule has 0 fully saturated rings. The van der Waals surface area contributed by atoms with Crippen LogP contribution in [0.25, 0.3) is 0 Å². The van der Waals surface area contributed by atoms with E-state index in [1.807, 2.05) is 6.07 Å². The van der Waals surface area contributed by atoms with E-state index in [0.29, 0.717) is 12.2 Å². The number of carbonyl (C=O) groups is 1. The number of nitrogens with two attached hydrogens (primary N) is 1. The normalized spacial score (nSPS) is 11.4. The van der Waals surface area contributed by atoms with Gasteiger partial charge in [-0.3, -0.25) is 4.79 Å². The topological polar surface area (TPSA) is 64.3 Å². The number of hydrogen-bond donors (Lipinski definition) is 2. The second-order valence-electron chi connectivity index (χ2n) is 4.53. The van der Waals surface area contributed by atoms with Crippen LogP contribution in [0.2, 0.25) is 0 Å². The molecule has 0 spiro atoms. The maximum absolute atomic E-state index is 11.9. The molecule has 0 atom stereocenters. The summed E-state index contributed by atoms with van der Waals surface area (Å²) in [5, 5.41) is 2.68. The number of nitrogens with one attached hydrogen (secondary N) is 1. The molecule has 0 unspecified atom stereocenters. The van der Waals surface area contributed by atoms with E-state index in [9.17, 15) is 18.0 Å². The van der Waals surface area contributed by atoms with Gasteiger partial charge in [-0.2, -0.15) is 13.2 Å². The molecule has 0 aliphatic rings. The van der Waals surface area contributed by atoms with Crippen LogP contribution < -0.4 is 11.1 Å². The van der Waals surface area contributed by atoms with Crippen molar-refractivity contribution in [3.63, 3.8) is 0 Å². The smallest absolute Gasteiger partial charge is 0.381 e. The van der Waals surface area contributed by atoms with Crippen molar-refractivity contribution in [1.29, 1.82) is 0 Å². The highest BCUT2D eigenvalue weighted by atomic mass is 19.4. The van der Waals surface area contributed by atoms with Crippen molar-refractivity contribution in [1.82, 2.24) is 0 Å². The Morgan fingerprint density at radius 3 is 2.71 bits per heavy atom. The summed E-state index contributed by atoms with van der Waals surface area (Å²) in [6.45, 7) is 0.474. The fourth-order valence-electron chi connectivity index (χ4n) is 1.64. The SMILES string of the molecule is NCc1cccc(NC(=O)CCOCCCC(F)(F)F)c1. The summed E-state index contributed by atoms with van der Waals surface area (Å²) in [5.74, 6) is -0.250. The van der Waals surface area contributed by atoms with Crippen LogP contribution in [0, 0.1) is 0 Å². The Morgan fingerprint density at radius 1 is 1.29 bits per heavy atom. The number of anilines is 1. The number of hydrogen-bond acceptors (Lipinski definition) is 3. The third-order valence-electron chi connectivity index (χ3n) is 2.67. The third-order valence-corrected chi connectivity index (χ3v) is 2.67. The van der Waals surface area contributed by atoms with Crippen molar-refractivity contribution in [2.45, 2.75) is 32.0 Å². The lowest BCUT2D eigenvalue weighted by atomic mass is 10.2. The number of ether oxygens (including phenoxy) is 1. The van der Waals surface area contributed by atoms with Crippen LogP contribution in [0.15, 0.2) is 24.3 Å². The highest BCUT2D eigenvalue weighted by Gasteiger charge is 2.25. The minimum atomic E-state index is -4.16. The van der Waals surface area contributed by atoms with Crippen molar-refractivity contribution in [2.75, 3.05) is 18.5 Å². The van der Waals surface area contributed by atoms with Crippen molar-refractivity contribution < 1.29 is 22.7 Å². The van der Waals surface area contributed by atoms with Crippen LogP contribution in [-0.2, 0) is 16.1 Å². The second kappa shape index (κ2) is 8.63. The highest BCUT2D eigenvalue weighted by molar-refractivity contribution is 5.90. The first-order valence-electron chi connectivity index (χ1n) is 6.64. The Hall–Kier alpha value is -1.60. The van der Waals surface area contributed by atoms with Crippen molar-refractivity contribution >= 4 is 11.6 Å². The Bertz CT molecular complexity index is 450. The molecule has 0 aliphatic heterocycles. The van der Waals surface area contributed by atoms with Gasteiger partial charge in [-0.1, -0.05) is 12.1 Å². The number of rotatable bonds is 8. The molecule has 0 bridgehead atoms. The number of carbonyl (C=O) groups excluding carboxylic acids is 1. The molecule has 21 heavy (non-hydrogen) atoms. The lowest BCUT2D eigenvalue weighted by Crippen LogP contribution is -2.15. The van der Waals surface area contributed by atoms with Crippen LogP contribution in [0.5, 0.6) is 0 Å². The molecule has 0 saturated heterocycles. The molecule has 0 aromatic heterocycles. The summed E-state index contributed by atoms with van der Waals surface area (Å²) in [7, 11) is 0. The van der Waals surface area contributed by atoms with Crippen LogP contribution in [-0.4, -0.2) is 25.3 Å². The van der Waals surface area contributed by atoms with Gasteiger partial charge in [-0.25, -0.2) is 0 Å². The van der Waals surface area contributed by atoms with Crippen LogP contribution >= 0.6 is 0 Å². The summed E-state index contributed by atoms with van der Waals surface area (Å²) in [6.07, 6.45) is -5.03. The second-order valence-corrected chi connectivity index (χ2v) is 4.53. The minimum absolute atomic E-state index is 0.00452. The zero-order valence-corrected chi connectivity index (χ0v) is 11.6. The molecule has 0 aliphatic carbocycles. The summed E-state index contributed by atoms with van der Waals surface area (Å²) in [6, 6.07) is 7.13. The molecule has 4 nitrogen and oxygen atoms in total. The van der Waals surface area contributed by atoms with Gasteiger partial charge in [0.2, 0.25) is 5.91 Å². The van der Waals surface area contributed by atoms with Gasteiger partial charge in [-0.05, 0) is 24.1 Å². The van der Waals surface area contributed by atoms with E-state index < -0.39 is 12.6 Å². The molecule has 1 rings (SSSR count). The van der Waals surface area contributed by atoms with Crippen LogP contribution in [0.1, 0.15) is 24.8 Å². The van der Waals surface area contributed by atoms with Gasteiger partial charge >= 0.3 is 6.18 Å². The average Bonchev–Trinajstić information content (AvgIpc) is 2.41. The Morgan fingerprint density at radius 2 is 2.05 bits per heavy atom. The minimum Gasteiger partial charge on any atom is -0.381 e. The van der Waals surface area contributed by atoms with E-state index in [2.05, 4.69) is 5.32 Å². The predicted molar refractivity (Wildman–Crippen MR) is 73.7 cm³/mol. The van der Waals surface area contributed by atoms with Gasteiger partial charge in [0.05, 0.1) is 13.0 Å². The van der Waals surface area contributed by atoms with E-state index in [1.165, 1.54) is 0 Å². The molecule has 118 valence electrons. The molecule has 3 N–H and O–H groups in total. The first-order chi connectivity index (χ1) is 9.90. The lowest BCUT2D eigenvalue weighted by molar-refractivity contribution is -0.138. The van der Waals surface area contributed by atoms with E-state index in [0.717, 1.165) is 5.56 Å². The van der Waals surface area contributed by atoms with Crippen molar-refractivity contribution in [3.8, 4) is 0 Å². The van der Waals surface area contributed by atoms with E-state index in [-0.39, 0.29) is 32.0 Å². The number of amides is 1. The lowest BCUT2D eigenvalue weighted by Gasteiger charge is -2.08. The molecule has 0 radical (unpaired) electrons. The Labute approximate surface area is 121 Å². The first-order valence-corrected chi connectivity index (χ1v) is 6.64. The van der Waals surface area contributed by atoms with Gasteiger partial charge in [-0.15, -0.1) is 0 Å². The maximum atomic E-state index is 11.9. The highest BCUT2D eigenvalue weighted by Crippen LogP contribution is 2.21. The number of benzene rings is 1. The van der Waals surface area contributed by atoms with Gasteiger partial charge in [0, 0.05) is 25.3 Å². The zero-order chi connectivity index (χ0) is 15.7. The standard InChI is InChI=1S/C14H19F3N2O2/c15-14(16,17)6-2-7-21-8-5-13(20)19-12-4-1-3-11(9-12)10-18/h1,3-4,9H,2,5-8,10,18H2,(H,19,20). The van der Waals surface area contributed by atoms with Crippen LogP contribution in [0.4, 0.5) is 18.9 Å². The number of halogens is 3. The van der Waals surface area contributed by atoms with Crippen molar-refractivity contribution in [2.24, 2.45) is 5.73 Å². The monoisotopic (exact) mass is 304 g/mol. The maximum Gasteiger partial charge on any atom is 0.389 e.